The zero-order chi connectivity index (χ0) is 35.2. The predicted octanol–water partition coefficient (Wildman–Crippen LogP) is 8.71. The lowest BCUT2D eigenvalue weighted by molar-refractivity contribution is 0.0218. The molecule has 2 aliphatic carbocycles. The molecular weight excluding hydrogens is 628 g/mol. The van der Waals surface area contributed by atoms with Crippen molar-refractivity contribution in [2.75, 3.05) is 13.1 Å². The Morgan fingerprint density at radius 3 is 2.36 bits per heavy atom. The minimum atomic E-state index is -0.534. The highest BCUT2D eigenvalue weighted by Crippen LogP contribution is 2.42. The number of H-pyrrole nitrogens is 2. The Morgan fingerprint density at radius 2 is 1.60 bits per heavy atom. The van der Waals surface area contributed by atoms with Crippen molar-refractivity contribution in [1.29, 1.82) is 0 Å². The molecule has 2 aromatic heterocycles. The number of fused-ring (bicyclic) bond motifs is 3. The second-order valence-electron chi connectivity index (χ2n) is 16.1. The Bertz CT molecular complexity index is 1860. The van der Waals surface area contributed by atoms with Gasteiger partial charge in [-0.25, -0.2) is 19.6 Å². The molecule has 1 aliphatic heterocycles. The molecule has 7 rings (SSSR count). The number of nitrogens with one attached hydrogen (secondary N) is 3. The van der Waals surface area contributed by atoms with Gasteiger partial charge in [-0.1, -0.05) is 48.9 Å². The van der Waals surface area contributed by atoms with Crippen LogP contribution >= 0.6 is 0 Å². The molecule has 2 fully saturated rings. The van der Waals surface area contributed by atoms with Crippen LogP contribution in [0.4, 0.5) is 9.59 Å². The maximum atomic E-state index is 12.8. The summed E-state index contributed by atoms with van der Waals surface area (Å²) in [6.45, 7) is 12.6. The number of hydrogen-bond donors (Lipinski definition) is 3. The number of hydrogen-bond acceptors (Lipinski definition) is 6. The molecule has 3 N–H and O–H groups in total. The monoisotopic (exact) mass is 678 g/mol. The lowest BCUT2D eigenvalue weighted by atomic mass is 9.89. The maximum absolute atomic E-state index is 12.8. The van der Waals surface area contributed by atoms with E-state index in [1.807, 2.05) is 47.7 Å². The fourth-order valence-electron chi connectivity index (χ4n) is 7.73. The predicted molar refractivity (Wildman–Crippen MR) is 194 cm³/mol. The van der Waals surface area contributed by atoms with Crippen molar-refractivity contribution < 1.29 is 19.1 Å². The van der Waals surface area contributed by atoms with Crippen LogP contribution in [-0.2, 0) is 22.3 Å². The van der Waals surface area contributed by atoms with Gasteiger partial charge in [0.2, 0.25) is 0 Å². The van der Waals surface area contributed by atoms with Gasteiger partial charge < -0.3 is 24.8 Å². The van der Waals surface area contributed by atoms with Gasteiger partial charge in [0.1, 0.15) is 22.9 Å². The molecule has 264 valence electrons. The third kappa shape index (κ3) is 7.30. The standard InChI is InChI=1S/C40H50N6O4/c1-39(2,3)49-37(47)42-22-28-9-7-10-30(28)35-43-31-19-17-27-21-26(16-18-29(27)34(31)45-35)24-12-14-25(15-13-24)32-23-41-36(44-32)33-11-8-20-46(33)38(48)50-40(4,5)6/h12-16,18,21,23,28,30,33H,7-11,17,19-20,22H2,1-6H3,(H,41,44)(H,42,47)(H,43,45)/t28?,30?,33-/m0/s1. The van der Waals surface area contributed by atoms with Crippen molar-refractivity contribution in [2.24, 2.45) is 5.92 Å². The number of amides is 2. The number of likely N-dealkylation sites (tertiary alicyclic amines) is 1. The highest BCUT2D eigenvalue weighted by atomic mass is 16.6. The number of aromatic amines is 2. The number of ether oxygens (including phenoxy) is 2. The van der Waals surface area contributed by atoms with Gasteiger partial charge in [-0.2, -0.15) is 0 Å². The van der Waals surface area contributed by atoms with Gasteiger partial charge in [-0.15, -0.1) is 0 Å². The Balaban J connectivity index is 1.03. The van der Waals surface area contributed by atoms with Crippen molar-refractivity contribution in [2.45, 2.75) is 110 Å². The number of carbonyl (C=O) groups is 2. The van der Waals surface area contributed by atoms with E-state index in [1.165, 1.54) is 22.4 Å². The quantitative estimate of drug-likeness (QED) is 0.187. The van der Waals surface area contributed by atoms with E-state index >= 15 is 0 Å². The third-order valence-electron chi connectivity index (χ3n) is 10.0. The highest BCUT2D eigenvalue weighted by Gasteiger charge is 2.35. The number of benzene rings is 2. The third-order valence-corrected chi connectivity index (χ3v) is 10.0. The average molecular weight is 679 g/mol. The normalized spacial score (nSPS) is 20.4. The molecule has 3 heterocycles. The van der Waals surface area contributed by atoms with Gasteiger partial charge in [-0.3, -0.25) is 4.90 Å². The first-order chi connectivity index (χ1) is 23.8. The van der Waals surface area contributed by atoms with Gasteiger partial charge in [0.15, 0.2) is 0 Å². The Hall–Kier alpha value is -4.60. The van der Waals surface area contributed by atoms with Gasteiger partial charge in [0.25, 0.3) is 0 Å². The molecule has 4 aromatic rings. The Morgan fingerprint density at radius 1 is 0.860 bits per heavy atom. The van der Waals surface area contributed by atoms with E-state index < -0.39 is 11.2 Å². The van der Waals surface area contributed by atoms with Gasteiger partial charge in [0, 0.05) is 30.3 Å². The summed E-state index contributed by atoms with van der Waals surface area (Å²) in [5.41, 5.74) is 8.07. The summed E-state index contributed by atoms with van der Waals surface area (Å²) in [4.78, 5) is 43.9. The summed E-state index contributed by atoms with van der Waals surface area (Å²) in [6.07, 6.45) is 8.15. The SMILES string of the molecule is CC(C)(C)OC(=O)NCC1CCCC1c1nc2c([nH]1)CCc1cc(-c3ccc(-c4cnc([C@@H]5CCCN5C(=O)OC(C)(C)C)[nH]4)cc3)ccc1-2. The molecule has 2 unspecified atom stereocenters. The molecule has 3 atom stereocenters. The van der Waals surface area contributed by atoms with Gasteiger partial charge in [0.05, 0.1) is 23.6 Å². The molecule has 1 saturated carbocycles. The maximum Gasteiger partial charge on any atom is 0.410 e. The lowest BCUT2D eigenvalue weighted by Gasteiger charge is -2.27. The smallest absolute Gasteiger partial charge is 0.410 e. The van der Waals surface area contributed by atoms with Crippen LogP contribution < -0.4 is 5.32 Å². The molecule has 10 nitrogen and oxygen atoms in total. The Kier molecular flexibility index (Phi) is 8.99. The van der Waals surface area contributed by atoms with E-state index in [0.717, 1.165) is 79.1 Å². The van der Waals surface area contributed by atoms with Crippen molar-refractivity contribution in [3.63, 3.8) is 0 Å². The lowest BCUT2D eigenvalue weighted by Crippen LogP contribution is -2.36. The van der Waals surface area contributed by atoms with E-state index in [2.05, 4.69) is 62.7 Å². The molecule has 0 radical (unpaired) electrons. The van der Waals surface area contributed by atoms with E-state index in [9.17, 15) is 9.59 Å². The molecule has 10 heteroatoms. The Labute approximate surface area is 294 Å². The van der Waals surface area contributed by atoms with Crippen molar-refractivity contribution >= 4 is 12.2 Å². The van der Waals surface area contributed by atoms with Crippen LogP contribution in [0.2, 0.25) is 0 Å². The highest BCUT2D eigenvalue weighted by molar-refractivity contribution is 5.76. The fourth-order valence-corrected chi connectivity index (χ4v) is 7.73. The molecule has 2 amide bonds. The minimum absolute atomic E-state index is 0.111. The van der Waals surface area contributed by atoms with Crippen LogP contribution in [-0.4, -0.2) is 61.3 Å². The number of aromatic nitrogens is 4. The number of alkyl carbamates (subject to hydrolysis) is 1. The summed E-state index contributed by atoms with van der Waals surface area (Å²) in [5, 5.41) is 2.99. The minimum Gasteiger partial charge on any atom is -0.444 e. The van der Waals surface area contributed by atoms with Crippen LogP contribution in [0, 0.1) is 5.92 Å². The zero-order valence-corrected chi connectivity index (χ0v) is 30.2. The number of carbonyl (C=O) groups excluding carboxylic acids is 2. The van der Waals surface area contributed by atoms with Crippen molar-refractivity contribution in [3.05, 3.63) is 71.6 Å². The molecule has 3 aliphatic rings. The summed E-state index contributed by atoms with van der Waals surface area (Å²) in [6, 6.07) is 15.2. The van der Waals surface area contributed by atoms with Crippen LogP contribution in [0.25, 0.3) is 33.6 Å². The largest absolute Gasteiger partial charge is 0.444 e. The summed E-state index contributed by atoms with van der Waals surface area (Å²) in [7, 11) is 0. The van der Waals surface area contributed by atoms with Crippen LogP contribution in [0.1, 0.15) is 109 Å². The fraction of sp³-hybridized carbons (Fsp3) is 0.500. The summed E-state index contributed by atoms with van der Waals surface area (Å²) >= 11 is 0. The van der Waals surface area contributed by atoms with E-state index in [-0.39, 0.29) is 18.2 Å². The molecule has 0 spiro atoms. The molecular formula is C40H50N6O4. The first-order valence-electron chi connectivity index (χ1n) is 18.2. The van der Waals surface area contributed by atoms with Crippen LogP contribution in [0.3, 0.4) is 0 Å². The molecule has 2 aromatic carbocycles. The number of nitrogens with zero attached hydrogens (tertiary/aromatic N) is 3. The number of rotatable bonds is 6. The van der Waals surface area contributed by atoms with Crippen molar-refractivity contribution in [3.8, 4) is 33.6 Å². The second kappa shape index (κ2) is 13.3. The zero-order valence-electron chi connectivity index (χ0n) is 30.2. The summed E-state index contributed by atoms with van der Waals surface area (Å²) in [5.74, 6) is 2.47. The van der Waals surface area contributed by atoms with Gasteiger partial charge in [-0.05, 0) is 108 Å². The average Bonchev–Trinajstić information content (AvgIpc) is 3.87. The topological polar surface area (TPSA) is 125 Å². The van der Waals surface area contributed by atoms with E-state index in [1.54, 1.807) is 4.90 Å². The van der Waals surface area contributed by atoms with Crippen LogP contribution in [0.15, 0.2) is 48.7 Å². The summed E-state index contributed by atoms with van der Waals surface area (Å²) < 4.78 is 11.1. The first kappa shape index (κ1) is 33.9. The molecule has 50 heavy (non-hydrogen) atoms. The van der Waals surface area contributed by atoms with E-state index in [4.69, 9.17) is 14.5 Å². The molecule has 1 saturated heterocycles. The number of aryl methyl sites for hydroxylation is 2. The van der Waals surface area contributed by atoms with Crippen LogP contribution in [0.5, 0.6) is 0 Å². The van der Waals surface area contributed by atoms with E-state index in [0.29, 0.717) is 24.9 Å². The van der Waals surface area contributed by atoms with Crippen molar-refractivity contribution in [1.82, 2.24) is 30.2 Å². The van der Waals surface area contributed by atoms with Gasteiger partial charge >= 0.3 is 12.2 Å². The second-order valence-corrected chi connectivity index (χ2v) is 16.1. The molecule has 0 bridgehead atoms. The first-order valence-corrected chi connectivity index (χ1v) is 18.2. The number of imidazole rings is 2.